The lowest BCUT2D eigenvalue weighted by Crippen LogP contribution is -2.28. The molecule has 18 heavy (non-hydrogen) atoms. The fraction of sp³-hybridized carbons (Fsp3) is 0.667. The molecule has 1 aromatic rings. The minimum Gasteiger partial charge on any atom is -0.342 e. The molecule has 2 heterocycles. The number of carbonyl (C=O) groups is 1. The summed E-state index contributed by atoms with van der Waals surface area (Å²) in [5, 5.41) is 2.13. The van der Waals surface area contributed by atoms with Crippen LogP contribution in [-0.2, 0) is 11.2 Å². The Labute approximate surface area is 114 Å². The van der Waals surface area contributed by atoms with Gasteiger partial charge in [-0.25, -0.2) is 0 Å². The van der Waals surface area contributed by atoms with Gasteiger partial charge in [0.05, 0.1) is 0 Å². The fourth-order valence-electron chi connectivity index (χ4n) is 2.53. The Morgan fingerprint density at radius 1 is 1.44 bits per heavy atom. The second-order valence-corrected chi connectivity index (χ2v) is 6.41. The van der Waals surface area contributed by atoms with E-state index >= 15 is 0 Å². The quantitative estimate of drug-likeness (QED) is 0.718. The number of amides is 1. The molecule has 3 heteroatoms. The summed E-state index contributed by atoms with van der Waals surface area (Å²) in [5.41, 5.74) is 0. The Bertz CT molecular complexity index is 361. The molecule has 1 amide bonds. The standard InChI is InChI=1S/C15H23NOS/c1-13-9-10-16(12-13)15(17)8-4-2-3-6-14-7-5-11-18-14/h5,7,11,13H,2-4,6,8-10,12H2,1H3. The first kappa shape index (κ1) is 13.6. The van der Waals surface area contributed by atoms with Crippen LogP contribution in [0.4, 0.5) is 0 Å². The summed E-state index contributed by atoms with van der Waals surface area (Å²) in [7, 11) is 0. The van der Waals surface area contributed by atoms with Crippen molar-refractivity contribution in [1.29, 1.82) is 0 Å². The summed E-state index contributed by atoms with van der Waals surface area (Å²) in [4.78, 5) is 15.4. The van der Waals surface area contributed by atoms with Crippen LogP contribution in [0.3, 0.4) is 0 Å². The average Bonchev–Trinajstić information content (AvgIpc) is 2.99. The molecule has 2 rings (SSSR count). The number of carbonyl (C=O) groups excluding carboxylic acids is 1. The van der Waals surface area contributed by atoms with Gasteiger partial charge in [-0.05, 0) is 43.0 Å². The van der Waals surface area contributed by atoms with Crippen LogP contribution in [-0.4, -0.2) is 23.9 Å². The van der Waals surface area contributed by atoms with E-state index in [4.69, 9.17) is 0 Å². The molecule has 100 valence electrons. The summed E-state index contributed by atoms with van der Waals surface area (Å²) in [6, 6.07) is 4.31. The molecule has 2 nitrogen and oxygen atoms in total. The Balaban J connectivity index is 1.54. The summed E-state index contributed by atoms with van der Waals surface area (Å²) in [6.07, 6.45) is 6.54. The van der Waals surface area contributed by atoms with E-state index in [1.54, 1.807) is 0 Å². The highest BCUT2D eigenvalue weighted by Gasteiger charge is 2.22. The monoisotopic (exact) mass is 265 g/mol. The van der Waals surface area contributed by atoms with Crippen molar-refractivity contribution in [1.82, 2.24) is 4.90 Å². The van der Waals surface area contributed by atoms with Crippen LogP contribution in [0.25, 0.3) is 0 Å². The van der Waals surface area contributed by atoms with Gasteiger partial charge in [-0.15, -0.1) is 11.3 Å². The molecule has 0 saturated carbocycles. The fourth-order valence-corrected chi connectivity index (χ4v) is 3.28. The molecule has 0 radical (unpaired) electrons. The van der Waals surface area contributed by atoms with Gasteiger partial charge in [-0.3, -0.25) is 4.79 Å². The molecule has 0 N–H and O–H groups in total. The van der Waals surface area contributed by atoms with Crippen molar-refractivity contribution in [2.24, 2.45) is 5.92 Å². The Kier molecular flexibility index (Phi) is 5.24. The number of aryl methyl sites for hydroxylation is 1. The van der Waals surface area contributed by atoms with Crippen molar-refractivity contribution in [2.45, 2.75) is 45.4 Å². The van der Waals surface area contributed by atoms with Crippen molar-refractivity contribution >= 4 is 17.2 Å². The van der Waals surface area contributed by atoms with E-state index in [-0.39, 0.29) is 0 Å². The van der Waals surface area contributed by atoms with Gasteiger partial charge >= 0.3 is 0 Å². The molecule has 0 bridgehead atoms. The SMILES string of the molecule is CC1CCN(C(=O)CCCCCc2cccs2)C1. The number of nitrogens with zero attached hydrogens (tertiary/aromatic N) is 1. The highest BCUT2D eigenvalue weighted by molar-refractivity contribution is 7.09. The van der Waals surface area contributed by atoms with Gasteiger partial charge in [0.1, 0.15) is 0 Å². The third-order valence-corrected chi connectivity index (χ3v) is 4.61. The summed E-state index contributed by atoms with van der Waals surface area (Å²) in [5.74, 6) is 1.07. The number of unbranched alkanes of at least 4 members (excludes halogenated alkanes) is 2. The van der Waals surface area contributed by atoms with E-state index in [2.05, 4.69) is 24.4 Å². The van der Waals surface area contributed by atoms with Crippen LogP contribution in [0.1, 0.15) is 43.9 Å². The lowest BCUT2D eigenvalue weighted by Gasteiger charge is -2.15. The van der Waals surface area contributed by atoms with Crippen LogP contribution >= 0.6 is 11.3 Å². The lowest BCUT2D eigenvalue weighted by atomic mass is 10.1. The van der Waals surface area contributed by atoms with Gasteiger partial charge in [-0.2, -0.15) is 0 Å². The normalized spacial score (nSPS) is 19.4. The molecule has 1 saturated heterocycles. The maximum absolute atomic E-state index is 11.9. The third-order valence-electron chi connectivity index (χ3n) is 3.67. The molecule has 0 aliphatic carbocycles. The lowest BCUT2D eigenvalue weighted by molar-refractivity contribution is -0.130. The van der Waals surface area contributed by atoms with Gasteiger partial charge in [0.2, 0.25) is 5.91 Å². The Morgan fingerprint density at radius 2 is 2.33 bits per heavy atom. The number of rotatable bonds is 6. The second kappa shape index (κ2) is 6.93. The van der Waals surface area contributed by atoms with Crippen LogP contribution in [0.2, 0.25) is 0 Å². The summed E-state index contributed by atoms with van der Waals surface area (Å²) < 4.78 is 0. The van der Waals surface area contributed by atoms with Gasteiger partial charge < -0.3 is 4.90 Å². The Morgan fingerprint density at radius 3 is 3.00 bits per heavy atom. The molecule has 0 spiro atoms. The molecule has 1 aliphatic heterocycles. The van der Waals surface area contributed by atoms with Gasteiger partial charge in [0.25, 0.3) is 0 Å². The van der Waals surface area contributed by atoms with Crippen molar-refractivity contribution in [3.05, 3.63) is 22.4 Å². The first-order valence-electron chi connectivity index (χ1n) is 7.06. The number of likely N-dealkylation sites (tertiary alicyclic amines) is 1. The van der Waals surface area contributed by atoms with Gasteiger partial charge in [0, 0.05) is 24.4 Å². The van der Waals surface area contributed by atoms with E-state index in [1.807, 2.05) is 16.2 Å². The van der Waals surface area contributed by atoms with E-state index in [1.165, 1.54) is 30.6 Å². The van der Waals surface area contributed by atoms with E-state index < -0.39 is 0 Å². The van der Waals surface area contributed by atoms with E-state index in [0.717, 1.165) is 25.9 Å². The number of hydrogen-bond donors (Lipinski definition) is 0. The predicted molar refractivity (Wildman–Crippen MR) is 76.9 cm³/mol. The second-order valence-electron chi connectivity index (χ2n) is 5.37. The van der Waals surface area contributed by atoms with Crippen LogP contribution in [0.5, 0.6) is 0 Å². The van der Waals surface area contributed by atoms with Gasteiger partial charge in [-0.1, -0.05) is 19.4 Å². The zero-order chi connectivity index (χ0) is 12.8. The van der Waals surface area contributed by atoms with Crippen molar-refractivity contribution in [2.75, 3.05) is 13.1 Å². The maximum atomic E-state index is 11.9. The minimum atomic E-state index is 0.371. The smallest absolute Gasteiger partial charge is 0.222 e. The summed E-state index contributed by atoms with van der Waals surface area (Å²) in [6.45, 7) is 4.19. The topological polar surface area (TPSA) is 20.3 Å². The highest BCUT2D eigenvalue weighted by Crippen LogP contribution is 2.17. The zero-order valence-corrected chi connectivity index (χ0v) is 12.0. The molecule has 1 aliphatic rings. The first-order valence-corrected chi connectivity index (χ1v) is 7.94. The van der Waals surface area contributed by atoms with Crippen molar-refractivity contribution in [3.63, 3.8) is 0 Å². The predicted octanol–water partition coefficient (Wildman–Crippen LogP) is 3.72. The molecular weight excluding hydrogens is 242 g/mol. The van der Waals surface area contributed by atoms with Gasteiger partial charge in [0.15, 0.2) is 0 Å². The third kappa shape index (κ3) is 4.13. The van der Waals surface area contributed by atoms with Crippen LogP contribution in [0, 0.1) is 5.92 Å². The van der Waals surface area contributed by atoms with E-state index in [9.17, 15) is 4.79 Å². The summed E-state index contributed by atoms with van der Waals surface area (Å²) >= 11 is 1.83. The highest BCUT2D eigenvalue weighted by atomic mass is 32.1. The van der Waals surface area contributed by atoms with Crippen LogP contribution < -0.4 is 0 Å². The largest absolute Gasteiger partial charge is 0.342 e. The molecule has 0 aromatic carbocycles. The average molecular weight is 265 g/mol. The minimum absolute atomic E-state index is 0.371. The van der Waals surface area contributed by atoms with Crippen molar-refractivity contribution in [3.8, 4) is 0 Å². The maximum Gasteiger partial charge on any atom is 0.222 e. The molecule has 1 unspecified atom stereocenters. The first-order chi connectivity index (χ1) is 8.75. The van der Waals surface area contributed by atoms with Crippen LogP contribution in [0.15, 0.2) is 17.5 Å². The Hall–Kier alpha value is -0.830. The number of thiophene rings is 1. The molecule has 1 fully saturated rings. The zero-order valence-electron chi connectivity index (χ0n) is 11.2. The molecule has 1 aromatic heterocycles. The van der Waals surface area contributed by atoms with E-state index in [0.29, 0.717) is 11.8 Å². The number of hydrogen-bond acceptors (Lipinski definition) is 2. The van der Waals surface area contributed by atoms with Crippen molar-refractivity contribution < 1.29 is 4.79 Å². The molecular formula is C15H23NOS. The molecule has 1 atom stereocenters.